The van der Waals surface area contributed by atoms with Crippen LogP contribution in [0.5, 0.6) is 0 Å². The zero-order chi connectivity index (χ0) is 36.6. The molecule has 1 aromatic heterocycles. The maximum Gasteiger partial charge on any atom is 0.159 e. The minimum absolute atomic E-state index is 0.398. The molecule has 2 heteroatoms. The molecule has 2 nitrogen and oxygen atoms in total. The van der Waals surface area contributed by atoms with Crippen LogP contribution in [0.3, 0.4) is 0 Å². The highest BCUT2D eigenvalue weighted by atomic mass is 16.3. The van der Waals surface area contributed by atoms with Crippen molar-refractivity contribution in [2.45, 2.75) is 19.8 Å². The Kier molecular flexibility index (Phi) is 7.09. The second kappa shape index (κ2) is 12.3. The minimum Gasteiger partial charge on any atom is -0.454 e. The van der Waals surface area contributed by atoms with Crippen molar-refractivity contribution in [2.24, 2.45) is 0 Å². The van der Waals surface area contributed by atoms with Crippen molar-refractivity contribution in [3.05, 3.63) is 188 Å². The summed E-state index contributed by atoms with van der Waals surface area (Å²) in [4.78, 5) is 2.37. The van der Waals surface area contributed by atoms with Crippen molar-refractivity contribution < 1.29 is 4.42 Å². The van der Waals surface area contributed by atoms with E-state index in [9.17, 15) is 0 Å². The lowest BCUT2D eigenvalue weighted by atomic mass is 9.70. The molecule has 0 atom stereocenters. The molecule has 0 amide bonds. The lowest BCUT2D eigenvalue weighted by Gasteiger charge is -2.33. The Labute approximate surface area is 320 Å². The fourth-order valence-electron chi connectivity index (χ4n) is 8.92. The molecule has 55 heavy (non-hydrogen) atoms. The fraction of sp³-hybridized carbons (Fsp3) is 0.0566. The first-order valence-electron chi connectivity index (χ1n) is 19.2. The number of anilines is 3. The number of nitrogens with zero attached hydrogens (tertiary/aromatic N) is 1. The second-order valence-corrected chi connectivity index (χ2v) is 15.0. The topological polar surface area (TPSA) is 16.4 Å². The van der Waals surface area contributed by atoms with Crippen molar-refractivity contribution in [3.8, 4) is 44.5 Å². The Morgan fingerprint density at radius 2 is 0.982 bits per heavy atom. The highest BCUT2D eigenvalue weighted by Crippen LogP contribution is 2.60. The highest BCUT2D eigenvalue weighted by molar-refractivity contribution is 6.26. The van der Waals surface area contributed by atoms with Crippen LogP contribution in [0.2, 0.25) is 0 Å². The normalized spacial score (nSPS) is 12.0. The SMILES string of the molecule is CC(C)c1cccc(N(c2ccc3cc4c(cc3c2)-c2c-4c(-c3ccccc3)c3ccccc3c2-c2ccccc2)c2cccc3c2oc2ccccc23)c1. The van der Waals surface area contributed by atoms with Gasteiger partial charge >= 0.3 is 0 Å². The van der Waals surface area contributed by atoms with Gasteiger partial charge in [0.2, 0.25) is 0 Å². The first-order valence-corrected chi connectivity index (χ1v) is 19.2. The molecule has 0 spiro atoms. The Morgan fingerprint density at radius 3 is 1.65 bits per heavy atom. The van der Waals surface area contributed by atoms with E-state index < -0.39 is 0 Å². The quantitative estimate of drug-likeness (QED) is 0.171. The van der Waals surface area contributed by atoms with Gasteiger partial charge in [0.05, 0.1) is 5.69 Å². The molecule has 0 fully saturated rings. The third kappa shape index (κ3) is 4.88. The first-order chi connectivity index (χ1) is 27.1. The second-order valence-electron chi connectivity index (χ2n) is 15.0. The number of para-hydroxylation sites is 2. The number of hydrogen-bond donors (Lipinski definition) is 0. The van der Waals surface area contributed by atoms with E-state index in [0.29, 0.717) is 5.92 Å². The van der Waals surface area contributed by atoms with Crippen molar-refractivity contribution in [1.29, 1.82) is 0 Å². The van der Waals surface area contributed by atoms with E-state index in [1.807, 2.05) is 6.07 Å². The summed E-state index contributed by atoms with van der Waals surface area (Å²) in [5.74, 6) is 0.398. The smallest absolute Gasteiger partial charge is 0.159 e. The maximum atomic E-state index is 6.65. The van der Waals surface area contributed by atoms with Gasteiger partial charge in [0.15, 0.2) is 5.58 Å². The molecule has 0 saturated heterocycles. The van der Waals surface area contributed by atoms with E-state index in [0.717, 1.165) is 39.0 Å². The van der Waals surface area contributed by atoms with E-state index in [2.05, 4.69) is 195 Å². The van der Waals surface area contributed by atoms with Crippen LogP contribution in [0.15, 0.2) is 186 Å². The zero-order valence-corrected chi connectivity index (χ0v) is 30.8. The molecule has 1 heterocycles. The van der Waals surface area contributed by atoms with Crippen LogP contribution in [0.1, 0.15) is 25.3 Å². The van der Waals surface area contributed by atoms with Crippen molar-refractivity contribution >= 4 is 60.5 Å². The van der Waals surface area contributed by atoms with Gasteiger partial charge in [0.1, 0.15) is 5.58 Å². The number of furan rings is 1. The zero-order valence-electron chi connectivity index (χ0n) is 30.8. The van der Waals surface area contributed by atoms with Gasteiger partial charge in [-0.2, -0.15) is 0 Å². The van der Waals surface area contributed by atoms with Crippen molar-refractivity contribution in [1.82, 2.24) is 0 Å². The summed E-state index contributed by atoms with van der Waals surface area (Å²) in [6, 6.07) is 66.3. The molecule has 0 N–H and O–H groups in total. The Morgan fingerprint density at radius 1 is 0.418 bits per heavy atom. The molecule has 0 unspecified atom stereocenters. The Bertz CT molecular complexity index is 3120. The predicted molar refractivity (Wildman–Crippen MR) is 233 cm³/mol. The van der Waals surface area contributed by atoms with Gasteiger partial charge in [-0.15, -0.1) is 0 Å². The molecule has 0 bridgehead atoms. The third-order valence-corrected chi connectivity index (χ3v) is 11.5. The van der Waals surface area contributed by atoms with Gasteiger partial charge in [-0.25, -0.2) is 0 Å². The minimum atomic E-state index is 0.398. The van der Waals surface area contributed by atoms with E-state index in [4.69, 9.17) is 4.42 Å². The number of rotatable bonds is 6. The van der Waals surface area contributed by atoms with Gasteiger partial charge in [0.25, 0.3) is 0 Å². The summed E-state index contributed by atoms with van der Waals surface area (Å²) in [6.45, 7) is 4.51. The van der Waals surface area contributed by atoms with E-state index in [1.54, 1.807) is 0 Å². The summed E-state index contributed by atoms with van der Waals surface area (Å²) in [6.07, 6.45) is 0. The molecular weight excluding hydrogens is 667 g/mol. The number of fused-ring (bicyclic) bond motifs is 9. The number of benzene rings is 9. The predicted octanol–water partition coefficient (Wildman–Crippen LogP) is 15.5. The maximum absolute atomic E-state index is 6.65. The fourth-order valence-corrected chi connectivity index (χ4v) is 8.92. The van der Waals surface area contributed by atoms with Crippen molar-refractivity contribution in [3.63, 3.8) is 0 Å². The van der Waals surface area contributed by atoms with E-state index >= 15 is 0 Å². The molecule has 1 aliphatic rings. The summed E-state index contributed by atoms with van der Waals surface area (Å²) in [5, 5.41) is 7.24. The van der Waals surface area contributed by atoms with E-state index in [-0.39, 0.29) is 0 Å². The Balaban J connectivity index is 1.16. The first kappa shape index (κ1) is 31.6. The van der Waals surface area contributed by atoms with Crippen LogP contribution < -0.4 is 4.90 Å². The molecule has 10 aromatic rings. The molecule has 0 aliphatic heterocycles. The summed E-state index contributed by atoms with van der Waals surface area (Å²) in [5.41, 5.74) is 16.7. The summed E-state index contributed by atoms with van der Waals surface area (Å²) < 4.78 is 6.65. The van der Waals surface area contributed by atoms with E-state index in [1.165, 1.54) is 71.6 Å². The monoisotopic (exact) mass is 703 g/mol. The molecule has 260 valence electrons. The Hall–Kier alpha value is -6.90. The van der Waals surface area contributed by atoms with Gasteiger partial charge in [-0.3, -0.25) is 0 Å². The van der Waals surface area contributed by atoms with Crippen LogP contribution in [0.25, 0.3) is 88.0 Å². The van der Waals surface area contributed by atoms with Crippen LogP contribution in [0.4, 0.5) is 17.1 Å². The average Bonchev–Trinajstić information content (AvgIpc) is 3.62. The van der Waals surface area contributed by atoms with Gasteiger partial charge < -0.3 is 9.32 Å². The number of hydrogen-bond acceptors (Lipinski definition) is 2. The summed E-state index contributed by atoms with van der Waals surface area (Å²) >= 11 is 0. The van der Waals surface area contributed by atoms with Crippen molar-refractivity contribution in [2.75, 3.05) is 4.90 Å². The lowest BCUT2D eigenvalue weighted by molar-refractivity contribution is 0.669. The van der Waals surface area contributed by atoms with Gasteiger partial charge in [-0.1, -0.05) is 147 Å². The molecule has 11 rings (SSSR count). The standard InChI is InChI=1S/C53H37NO/c1-33(2)36-19-13-20-39(29-36)54(47-25-14-24-44-41-21-11-12-26-48(41)55-53(44)47)40-28-27-37-31-45-46(32-38(37)30-40)52-50(35-17-7-4-8-18-35)43-23-10-9-22-42(43)49(51(45)52)34-15-5-3-6-16-34/h3-33H,1-2H3. The highest BCUT2D eigenvalue weighted by Gasteiger charge is 2.33. The van der Waals surface area contributed by atoms with Crippen LogP contribution in [-0.2, 0) is 0 Å². The average molecular weight is 704 g/mol. The molecule has 0 radical (unpaired) electrons. The summed E-state index contributed by atoms with van der Waals surface area (Å²) in [7, 11) is 0. The van der Waals surface area contributed by atoms with Crippen LogP contribution in [0, 0.1) is 0 Å². The molecule has 1 aliphatic carbocycles. The van der Waals surface area contributed by atoms with Crippen LogP contribution >= 0.6 is 0 Å². The molecule has 0 saturated carbocycles. The van der Waals surface area contributed by atoms with Gasteiger partial charge in [-0.05, 0) is 126 Å². The molecular formula is C53H37NO. The third-order valence-electron chi connectivity index (χ3n) is 11.5. The van der Waals surface area contributed by atoms with Gasteiger partial charge in [0, 0.05) is 22.1 Å². The largest absolute Gasteiger partial charge is 0.454 e. The lowest BCUT2D eigenvalue weighted by Crippen LogP contribution is -2.11. The molecule has 9 aromatic carbocycles. The van der Waals surface area contributed by atoms with Crippen LogP contribution in [-0.4, -0.2) is 0 Å².